The SMILES string of the molecule is CC(C)CC(CN)(Cc1nnn(C)n1)C(=O)O. The van der Waals surface area contributed by atoms with Gasteiger partial charge < -0.3 is 10.8 Å². The summed E-state index contributed by atoms with van der Waals surface area (Å²) in [4.78, 5) is 12.7. The Bertz CT molecular complexity index is 390. The minimum atomic E-state index is -1.00. The van der Waals surface area contributed by atoms with Crippen LogP contribution in [-0.2, 0) is 18.3 Å². The van der Waals surface area contributed by atoms with E-state index in [1.165, 1.54) is 4.80 Å². The van der Waals surface area contributed by atoms with Gasteiger partial charge in [0.15, 0.2) is 5.82 Å². The maximum atomic E-state index is 11.4. The number of aromatic nitrogens is 4. The molecular weight excluding hydrogens is 222 g/mol. The highest BCUT2D eigenvalue weighted by Gasteiger charge is 2.39. The van der Waals surface area contributed by atoms with Crippen LogP contribution in [0.25, 0.3) is 0 Å². The average Bonchev–Trinajstić information content (AvgIpc) is 2.61. The van der Waals surface area contributed by atoms with Gasteiger partial charge in [-0.3, -0.25) is 4.79 Å². The number of hydrogen-bond donors (Lipinski definition) is 2. The predicted octanol–water partition coefficient (Wildman–Crippen LogP) is -0.172. The Hall–Kier alpha value is -1.50. The van der Waals surface area contributed by atoms with Crippen LogP contribution in [0.15, 0.2) is 0 Å². The summed E-state index contributed by atoms with van der Waals surface area (Å²) in [6.07, 6.45) is 0.710. The van der Waals surface area contributed by atoms with Gasteiger partial charge in [0.1, 0.15) is 0 Å². The number of carboxylic acids is 1. The molecule has 0 aromatic carbocycles. The van der Waals surface area contributed by atoms with Gasteiger partial charge in [-0.15, -0.1) is 10.2 Å². The highest BCUT2D eigenvalue weighted by atomic mass is 16.4. The molecule has 1 aromatic rings. The zero-order chi connectivity index (χ0) is 13.1. The molecule has 1 aromatic heterocycles. The van der Waals surface area contributed by atoms with Gasteiger partial charge in [0.25, 0.3) is 0 Å². The lowest BCUT2D eigenvalue weighted by molar-refractivity contribution is -0.149. The third-order valence-electron chi connectivity index (χ3n) is 2.69. The minimum Gasteiger partial charge on any atom is -0.481 e. The van der Waals surface area contributed by atoms with Crippen molar-refractivity contribution in [3.63, 3.8) is 0 Å². The van der Waals surface area contributed by atoms with Crippen molar-refractivity contribution >= 4 is 5.97 Å². The minimum absolute atomic E-state index is 0.0682. The van der Waals surface area contributed by atoms with Crippen LogP contribution >= 0.6 is 0 Å². The van der Waals surface area contributed by atoms with Gasteiger partial charge in [0, 0.05) is 13.0 Å². The lowest BCUT2D eigenvalue weighted by Crippen LogP contribution is -2.42. The van der Waals surface area contributed by atoms with Crippen molar-refractivity contribution in [2.45, 2.75) is 26.7 Å². The van der Waals surface area contributed by atoms with Crippen molar-refractivity contribution in [1.29, 1.82) is 0 Å². The number of carbonyl (C=O) groups is 1. The number of tetrazole rings is 1. The second kappa shape index (κ2) is 5.22. The maximum absolute atomic E-state index is 11.4. The van der Waals surface area contributed by atoms with Gasteiger partial charge in [-0.05, 0) is 17.6 Å². The molecule has 1 atom stereocenters. The van der Waals surface area contributed by atoms with Gasteiger partial charge in [0.2, 0.25) is 0 Å². The number of hydrogen-bond acceptors (Lipinski definition) is 5. The smallest absolute Gasteiger partial charge is 0.311 e. The first-order chi connectivity index (χ1) is 7.89. The van der Waals surface area contributed by atoms with Crippen LogP contribution < -0.4 is 5.73 Å². The van der Waals surface area contributed by atoms with Crippen molar-refractivity contribution in [3.05, 3.63) is 5.82 Å². The zero-order valence-corrected chi connectivity index (χ0v) is 10.4. The van der Waals surface area contributed by atoms with Gasteiger partial charge in [-0.2, -0.15) is 4.80 Å². The Morgan fingerprint density at radius 1 is 1.59 bits per heavy atom. The fourth-order valence-corrected chi connectivity index (χ4v) is 1.96. The molecule has 7 heteroatoms. The van der Waals surface area contributed by atoms with Crippen molar-refractivity contribution in [3.8, 4) is 0 Å². The molecule has 0 aliphatic carbocycles. The molecule has 0 saturated heterocycles. The fraction of sp³-hybridized carbons (Fsp3) is 0.800. The topological polar surface area (TPSA) is 107 Å². The van der Waals surface area contributed by atoms with E-state index in [0.717, 1.165) is 0 Å². The molecule has 96 valence electrons. The molecule has 0 fully saturated rings. The fourth-order valence-electron chi connectivity index (χ4n) is 1.96. The van der Waals surface area contributed by atoms with Gasteiger partial charge in [0.05, 0.1) is 12.5 Å². The van der Waals surface area contributed by atoms with E-state index in [2.05, 4.69) is 15.4 Å². The second-order valence-electron chi connectivity index (χ2n) is 4.76. The summed E-state index contributed by atoms with van der Waals surface area (Å²) in [5, 5.41) is 20.9. The third kappa shape index (κ3) is 3.23. The number of nitrogens with two attached hydrogens (primary N) is 1. The first kappa shape index (κ1) is 13.6. The summed E-state index contributed by atoms with van der Waals surface area (Å²) in [5.41, 5.74) is 4.65. The standard InChI is InChI=1S/C10H19N5O2/c1-7(2)4-10(6-11,9(16)17)5-8-12-14-15(3)13-8/h7H,4-6,11H2,1-3H3,(H,16,17). The van der Waals surface area contributed by atoms with Crippen LogP contribution in [0.1, 0.15) is 26.1 Å². The number of carboxylic acid groups (broad SMARTS) is 1. The van der Waals surface area contributed by atoms with E-state index in [1.54, 1.807) is 7.05 Å². The largest absolute Gasteiger partial charge is 0.481 e. The predicted molar refractivity (Wildman–Crippen MR) is 61.1 cm³/mol. The van der Waals surface area contributed by atoms with Crippen molar-refractivity contribution in [1.82, 2.24) is 20.2 Å². The molecule has 1 rings (SSSR count). The molecule has 0 aliphatic rings. The normalized spacial score (nSPS) is 14.9. The summed E-state index contributed by atoms with van der Waals surface area (Å²) in [7, 11) is 1.64. The van der Waals surface area contributed by atoms with E-state index in [1.807, 2.05) is 13.8 Å². The molecule has 0 bridgehead atoms. The molecule has 0 aliphatic heterocycles. The number of aryl methyl sites for hydroxylation is 1. The van der Waals surface area contributed by atoms with E-state index in [-0.39, 0.29) is 18.9 Å². The lowest BCUT2D eigenvalue weighted by atomic mass is 9.77. The Labute approximate surface area is 100.0 Å². The summed E-state index contributed by atoms with van der Waals surface area (Å²) in [6, 6.07) is 0. The molecule has 0 radical (unpaired) electrons. The number of nitrogens with zero attached hydrogens (tertiary/aromatic N) is 4. The third-order valence-corrected chi connectivity index (χ3v) is 2.69. The molecule has 3 N–H and O–H groups in total. The van der Waals surface area contributed by atoms with E-state index < -0.39 is 11.4 Å². The highest BCUT2D eigenvalue weighted by Crippen LogP contribution is 2.29. The van der Waals surface area contributed by atoms with E-state index in [0.29, 0.717) is 12.2 Å². The summed E-state index contributed by atoms with van der Waals surface area (Å²) in [6.45, 7) is 4.01. The van der Waals surface area contributed by atoms with Crippen LogP contribution in [0.3, 0.4) is 0 Å². The quantitative estimate of drug-likeness (QED) is 0.716. The number of rotatable bonds is 6. The summed E-state index contributed by atoms with van der Waals surface area (Å²) >= 11 is 0. The zero-order valence-electron chi connectivity index (χ0n) is 10.4. The molecular formula is C10H19N5O2. The van der Waals surface area contributed by atoms with Gasteiger partial charge in [-0.1, -0.05) is 13.8 Å². The van der Waals surface area contributed by atoms with Crippen LogP contribution in [-0.4, -0.2) is 37.8 Å². The molecule has 1 unspecified atom stereocenters. The Kier molecular flexibility index (Phi) is 4.17. The molecule has 7 nitrogen and oxygen atoms in total. The van der Waals surface area contributed by atoms with E-state index in [9.17, 15) is 9.90 Å². The second-order valence-corrected chi connectivity index (χ2v) is 4.76. The van der Waals surface area contributed by atoms with E-state index >= 15 is 0 Å². The van der Waals surface area contributed by atoms with Crippen molar-refractivity contribution < 1.29 is 9.90 Å². The maximum Gasteiger partial charge on any atom is 0.311 e. The van der Waals surface area contributed by atoms with Crippen LogP contribution in [0.4, 0.5) is 0 Å². The Morgan fingerprint density at radius 2 is 2.24 bits per heavy atom. The first-order valence-corrected chi connectivity index (χ1v) is 5.56. The molecule has 1 heterocycles. The van der Waals surface area contributed by atoms with Crippen LogP contribution in [0, 0.1) is 11.3 Å². The van der Waals surface area contributed by atoms with Gasteiger partial charge >= 0.3 is 5.97 Å². The number of aliphatic carboxylic acids is 1. The molecule has 0 saturated carbocycles. The Balaban J connectivity index is 2.93. The summed E-state index contributed by atoms with van der Waals surface area (Å²) in [5.74, 6) is -0.242. The van der Waals surface area contributed by atoms with E-state index in [4.69, 9.17) is 5.73 Å². The highest BCUT2D eigenvalue weighted by molar-refractivity contribution is 5.75. The lowest BCUT2D eigenvalue weighted by Gasteiger charge is -2.28. The first-order valence-electron chi connectivity index (χ1n) is 5.56. The summed E-state index contributed by atoms with van der Waals surface area (Å²) < 4.78 is 0. The van der Waals surface area contributed by atoms with Crippen molar-refractivity contribution in [2.24, 2.45) is 24.1 Å². The average molecular weight is 241 g/mol. The Morgan fingerprint density at radius 3 is 2.59 bits per heavy atom. The van der Waals surface area contributed by atoms with Crippen LogP contribution in [0.2, 0.25) is 0 Å². The molecule has 17 heavy (non-hydrogen) atoms. The van der Waals surface area contributed by atoms with Gasteiger partial charge in [-0.25, -0.2) is 0 Å². The van der Waals surface area contributed by atoms with Crippen LogP contribution in [0.5, 0.6) is 0 Å². The molecule has 0 amide bonds. The molecule has 0 spiro atoms. The van der Waals surface area contributed by atoms with Crippen molar-refractivity contribution in [2.75, 3.05) is 6.54 Å². The monoisotopic (exact) mass is 241 g/mol.